The van der Waals surface area contributed by atoms with Crippen LogP contribution >= 0.6 is 11.3 Å². The second kappa shape index (κ2) is 9.24. The quantitative estimate of drug-likeness (QED) is 0.551. The zero-order valence-electron chi connectivity index (χ0n) is 15.6. The number of hydrogen-bond donors (Lipinski definition) is 0. The van der Waals surface area contributed by atoms with Gasteiger partial charge in [-0.1, -0.05) is 30.3 Å². The molecule has 1 aromatic heterocycles. The number of amides is 1. The summed E-state index contributed by atoms with van der Waals surface area (Å²) in [6, 6.07) is 19.2. The van der Waals surface area contributed by atoms with Crippen LogP contribution < -0.4 is 9.47 Å². The van der Waals surface area contributed by atoms with Gasteiger partial charge in [0.1, 0.15) is 6.61 Å². The molecule has 0 aliphatic heterocycles. The monoisotopic (exact) mass is 381 g/mol. The van der Waals surface area contributed by atoms with Crippen LogP contribution in [0.15, 0.2) is 66.0 Å². The molecular formula is C22H23NO3S. The lowest BCUT2D eigenvalue weighted by molar-refractivity contribution is 0.0752. The minimum absolute atomic E-state index is 0.0232. The van der Waals surface area contributed by atoms with Gasteiger partial charge in [0.2, 0.25) is 0 Å². The minimum Gasteiger partial charge on any atom is -0.493 e. The van der Waals surface area contributed by atoms with Crippen LogP contribution in [0.25, 0.3) is 0 Å². The topological polar surface area (TPSA) is 38.8 Å². The van der Waals surface area contributed by atoms with E-state index in [9.17, 15) is 4.79 Å². The molecule has 0 atom stereocenters. The van der Waals surface area contributed by atoms with Crippen LogP contribution in [-0.2, 0) is 13.2 Å². The maximum absolute atomic E-state index is 12.7. The van der Waals surface area contributed by atoms with Crippen LogP contribution in [0.3, 0.4) is 0 Å². The molecule has 3 aromatic rings. The molecule has 1 heterocycles. The molecule has 140 valence electrons. The van der Waals surface area contributed by atoms with E-state index in [2.05, 4.69) is 0 Å². The largest absolute Gasteiger partial charge is 0.493 e. The highest BCUT2D eigenvalue weighted by atomic mass is 32.1. The number of thiophene rings is 1. The number of carbonyl (C=O) groups excluding carboxylic acids is 1. The highest BCUT2D eigenvalue weighted by Gasteiger charge is 2.15. The molecule has 5 heteroatoms. The van der Waals surface area contributed by atoms with Crippen molar-refractivity contribution in [3.05, 3.63) is 82.0 Å². The Hall–Kier alpha value is -2.79. The summed E-state index contributed by atoms with van der Waals surface area (Å²) in [5, 5.41) is 2.03. The maximum atomic E-state index is 12.7. The smallest absolute Gasteiger partial charge is 0.254 e. The SMILES string of the molecule is CCN(Cc1ccc(OCc2cccs2)c(OC)c1)C(=O)c1ccccc1. The lowest BCUT2D eigenvalue weighted by Gasteiger charge is -2.22. The van der Waals surface area contributed by atoms with Crippen molar-refractivity contribution in [1.29, 1.82) is 0 Å². The van der Waals surface area contributed by atoms with Gasteiger partial charge < -0.3 is 14.4 Å². The zero-order chi connectivity index (χ0) is 19.1. The molecule has 0 aliphatic rings. The number of nitrogens with zero attached hydrogens (tertiary/aromatic N) is 1. The molecule has 0 fully saturated rings. The Labute approximate surface area is 164 Å². The highest BCUT2D eigenvalue weighted by molar-refractivity contribution is 7.09. The van der Waals surface area contributed by atoms with E-state index in [1.165, 1.54) is 0 Å². The van der Waals surface area contributed by atoms with Crippen LogP contribution in [0, 0.1) is 0 Å². The Morgan fingerprint density at radius 2 is 1.85 bits per heavy atom. The average Bonchev–Trinajstić information content (AvgIpc) is 3.24. The van der Waals surface area contributed by atoms with Gasteiger partial charge in [-0.25, -0.2) is 0 Å². The number of methoxy groups -OCH3 is 1. The summed E-state index contributed by atoms with van der Waals surface area (Å²) in [7, 11) is 1.63. The Bertz CT molecular complexity index is 863. The first-order valence-electron chi connectivity index (χ1n) is 8.87. The van der Waals surface area contributed by atoms with Gasteiger partial charge >= 0.3 is 0 Å². The van der Waals surface area contributed by atoms with E-state index in [-0.39, 0.29) is 5.91 Å². The fraction of sp³-hybridized carbons (Fsp3) is 0.227. The van der Waals surface area contributed by atoms with Crippen molar-refractivity contribution in [3.8, 4) is 11.5 Å². The second-order valence-electron chi connectivity index (χ2n) is 6.04. The molecule has 0 saturated heterocycles. The Morgan fingerprint density at radius 3 is 2.52 bits per heavy atom. The third-order valence-electron chi connectivity index (χ3n) is 4.24. The summed E-state index contributed by atoms with van der Waals surface area (Å²) in [6.07, 6.45) is 0. The Balaban J connectivity index is 1.71. The molecule has 0 aliphatic carbocycles. The van der Waals surface area contributed by atoms with Crippen molar-refractivity contribution in [2.24, 2.45) is 0 Å². The van der Waals surface area contributed by atoms with Gasteiger partial charge in [0.15, 0.2) is 11.5 Å². The number of rotatable bonds is 8. The molecule has 0 unspecified atom stereocenters. The van der Waals surface area contributed by atoms with Crippen molar-refractivity contribution < 1.29 is 14.3 Å². The molecule has 2 aromatic carbocycles. The summed E-state index contributed by atoms with van der Waals surface area (Å²) in [6.45, 7) is 3.65. The molecule has 1 amide bonds. The lowest BCUT2D eigenvalue weighted by Crippen LogP contribution is -2.30. The van der Waals surface area contributed by atoms with Crippen LogP contribution in [-0.4, -0.2) is 24.5 Å². The zero-order valence-corrected chi connectivity index (χ0v) is 16.4. The van der Waals surface area contributed by atoms with E-state index in [1.807, 2.05) is 77.9 Å². The lowest BCUT2D eigenvalue weighted by atomic mass is 10.1. The molecule has 0 bridgehead atoms. The third kappa shape index (κ3) is 4.89. The maximum Gasteiger partial charge on any atom is 0.254 e. The predicted molar refractivity (Wildman–Crippen MR) is 109 cm³/mol. The van der Waals surface area contributed by atoms with E-state index in [0.29, 0.717) is 36.8 Å². The van der Waals surface area contributed by atoms with Crippen LogP contribution in [0.4, 0.5) is 0 Å². The predicted octanol–water partition coefficient (Wildman–Crippen LogP) is 5.00. The van der Waals surface area contributed by atoms with E-state index < -0.39 is 0 Å². The van der Waals surface area contributed by atoms with Gasteiger partial charge in [0.05, 0.1) is 7.11 Å². The van der Waals surface area contributed by atoms with Gasteiger partial charge in [0.25, 0.3) is 5.91 Å². The van der Waals surface area contributed by atoms with E-state index in [1.54, 1.807) is 18.4 Å². The minimum atomic E-state index is 0.0232. The third-order valence-corrected chi connectivity index (χ3v) is 5.09. The van der Waals surface area contributed by atoms with Gasteiger partial charge in [0, 0.05) is 23.5 Å². The molecule has 0 radical (unpaired) electrons. The molecule has 4 nitrogen and oxygen atoms in total. The molecule has 0 saturated carbocycles. The molecule has 0 spiro atoms. The van der Waals surface area contributed by atoms with Crippen molar-refractivity contribution in [2.75, 3.05) is 13.7 Å². The second-order valence-corrected chi connectivity index (χ2v) is 7.07. The number of carbonyl (C=O) groups is 1. The van der Waals surface area contributed by atoms with Crippen molar-refractivity contribution in [1.82, 2.24) is 4.90 Å². The van der Waals surface area contributed by atoms with Crippen LogP contribution in [0.5, 0.6) is 11.5 Å². The van der Waals surface area contributed by atoms with Crippen molar-refractivity contribution in [3.63, 3.8) is 0 Å². The van der Waals surface area contributed by atoms with Gasteiger partial charge in [-0.05, 0) is 48.2 Å². The Morgan fingerprint density at radius 1 is 1.04 bits per heavy atom. The first-order chi connectivity index (χ1) is 13.2. The average molecular weight is 381 g/mol. The van der Waals surface area contributed by atoms with E-state index in [4.69, 9.17) is 9.47 Å². The van der Waals surface area contributed by atoms with Gasteiger partial charge in [-0.3, -0.25) is 4.79 Å². The molecule has 27 heavy (non-hydrogen) atoms. The summed E-state index contributed by atoms with van der Waals surface area (Å²) in [4.78, 5) is 15.7. The summed E-state index contributed by atoms with van der Waals surface area (Å²) >= 11 is 1.66. The summed E-state index contributed by atoms with van der Waals surface area (Å²) < 4.78 is 11.4. The number of benzene rings is 2. The van der Waals surface area contributed by atoms with Crippen LogP contribution in [0.2, 0.25) is 0 Å². The van der Waals surface area contributed by atoms with E-state index in [0.717, 1.165) is 10.4 Å². The first-order valence-corrected chi connectivity index (χ1v) is 9.75. The Kier molecular flexibility index (Phi) is 6.49. The molecule has 3 rings (SSSR count). The molecule has 0 N–H and O–H groups in total. The normalized spacial score (nSPS) is 10.4. The fourth-order valence-corrected chi connectivity index (χ4v) is 3.40. The fourth-order valence-electron chi connectivity index (χ4n) is 2.78. The standard InChI is InChI=1S/C22H23NO3S/c1-3-23(22(24)18-8-5-4-6-9-18)15-17-11-12-20(21(14-17)25-2)26-16-19-10-7-13-27-19/h4-14H,3,15-16H2,1-2H3. The summed E-state index contributed by atoms with van der Waals surface area (Å²) in [5.74, 6) is 1.40. The first kappa shape index (κ1) is 19.0. The van der Waals surface area contributed by atoms with E-state index >= 15 is 0 Å². The van der Waals surface area contributed by atoms with Crippen molar-refractivity contribution in [2.45, 2.75) is 20.1 Å². The summed E-state index contributed by atoms with van der Waals surface area (Å²) in [5.41, 5.74) is 1.70. The van der Waals surface area contributed by atoms with Gasteiger partial charge in [-0.2, -0.15) is 0 Å². The highest BCUT2D eigenvalue weighted by Crippen LogP contribution is 2.30. The van der Waals surface area contributed by atoms with Gasteiger partial charge in [-0.15, -0.1) is 11.3 Å². The van der Waals surface area contributed by atoms with Crippen molar-refractivity contribution >= 4 is 17.2 Å². The number of ether oxygens (including phenoxy) is 2. The van der Waals surface area contributed by atoms with Crippen LogP contribution in [0.1, 0.15) is 27.7 Å². The number of hydrogen-bond acceptors (Lipinski definition) is 4. The molecular weight excluding hydrogens is 358 g/mol.